The predicted octanol–water partition coefficient (Wildman–Crippen LogP) is 2.00. The number of hydrogen-bond acceptors (Lipinski definition) is 3. The fourth-order valence-electron chi connectivity index (χ4n) is 4.94. The van der Waals surface area contributed by atoms with E-state index >= 15 is 0 Å². The predicted molar refractivity (Wildman–Crippen MR) is 104 cm³/mol. The topological polar surface area (TPSA) is 34.1 Å². The molecule has 4 rings (SSSR count). The Hall–Kier alpha value is -0.810. The molecule has 0 bridgehead atoms. The Morgan fingerprint density at radius 2 is 1.72 bits per heavy atom. The summed E-state index contributed by atoms with van der Waals surface area (Å²) in [6, 6.07) is 1.67. The fourth-order valence-corrected chi connectivity index (χ4v) is 4.94. The lowest BCUT2D eigenvalue weighted by Gasteiger charge is -2.32. The second-order valence-corrected chi connectivity index (χ2v) is 8.56. The van der Waals surface area contributed by atoms with Gasteiger partial charge in [-0.25, -0.2) is 0 Å². The van der Waals surface area contributed by atoms with Crippen LogP contribution in [0.3, 0.4) is 0 Å². The standard InChI is InChI=1S/C20H37N5/c1-2-21-20(22-14-17-8-12-24(15-17)18-6-7-18)25-13-9-19(16-25)23-10-4-3-5-11-23/h17-19H,2-16H2,1H3,(H,21,22). The Kier molecular flexibility index (Phi) is 5.81. The maximum Gasteiger partial charge on any atom is 0.193 e. The molecule has 1 N–H and O–H groups in total. The van der Waals surface area contributed by atoms with Crippen LogP contribution >= 0.6 is 0 Å². The molecule has 0 aromatic carbocycles. The van der Waals surface area contributed by atoms with Crippen molar-refractivity contribution in [2.45, 2.75) is 64.0 Å². The summed E-state index contributed by atoms with van der Waals surface area (Å²) < 4.78 is 0. The van der Waals surface area contributed by atoms with Gasteiger partial charge < -0.3 is 15.1 Å². The van der Waals surface area contributed by atoms with Crippen molar-refractivity contribution in [1.82, 2.24) is 20.0 Å². The van der Waals surface area contributed by atoms with Crippen LogP contribution in [0, 0.1) is 5.92 Å². The van der Waals surface area contributed by atoms with Crippen molar-refractivity contribution >= 4 is 5.96 Å². The maximum absolute atomic E-state index is 5.06. The molecule has 142 valence electrons. The van der Waals surface area contributed by atoms with Crippen LogP contribution in [0.2, 0.25) is 0 Å². The van der Waals surface area contributed by atoms with Gasteiger partial charge in [-0.05, 0) is 71.0 Å². The average Bonchev–Trinajstić information content (AvgIpc) is 3.20. The molecule has 25 heavy (non-hydrogen) atoms. The first-order chi connectivity index (χ1) is 12.3. The summed E-state index contributed by atoms with van der Waals surface area (Å²) in [5.41, 5.74) is 0. The van der Waals surface area contributed by atoms with Gasteiger partial charge in [0.15, 0.2) is 5.96 Å². The molecule has 1 aliphatic carbocycles. The van der Waals surface area contributed by atoms with Gasteiger partial charge in [-0.15, -0.1) is 0 Å². The van der Waals surface area contributed by atoms with E-state index in [9.17, 15) is 0 Å². The zero-order valence-corrected chi connectivity index (χ0v) is 16.1. The largest absolute Gasteiger partial charge is 0.357 e. The summed E-state index contributed by atoms with van der Waals surface area (Å²) in [7, 11) is 0. The SMILES string of the molecule is CCNC(=NCC1CCN(C2CC2)C1)N1CCC(N2CCCCC2)C1. The molecular formula is C20H37N5. The third-order valence-corrected chi connectivity index (χ3v) is 6.58. The van der Waals surface area contributed by atoms with E-state index in [4.69, 9.17) is 4.99 Å². The third kappa shape index (κ3) is 4.48. The molecule has 2 unspecified atom stereocenters. The Morgan fingerprint density at radius 3 is 2.48 bits per heavy atom. The van der Waals surface area contributed by atoms with Crippen molar-refractivity contribution in [3.05, 3.63) is 0 Å². The quantitative estimate of drug-likeness (QED) is 0.609. The monoisotopic (exact) mass is 347 g/mol. The van der Waals surface area contributed by atoms with Gasteiger partial charge in [0.25, 0.3) is 0 Å². The molecule has 1 saturated carbocycles. The van der Waals surface area contributed by atoms with Crippen LogP contribution in [-0.4, -0.2) is 85.1 Å². The summed E-state index contributed by atoms with van der Waals surface area (Å²) in [4.78, 5) is 13.0. The van der Waals surface area contributed by atoms with E-state index in [1.807, 2.05) is 0 Å². The Bertz CT molecular complexity index is 455. The van der Waals surface area contributed by atoms with Gasteiger partial charge in [0.1, 0.15) is 0 Å². The Balaban J connectivity index is 1.29. The van der Waals surface area contributed by atoms with Gasteiger partial charge >= 0.3 is 0 Å². The molecule has 0 aromatic heterocycles. The maximum atomic E-state index is 5.06. The molecule has 5 nitrogen and oxygen atoms in total. The van der Waals surface area contributed by atoms with E-state index in [0.29, 0.717) is 0 Å². The number of likely N-dealkylation sites (tertiary alicyclic amines) is 3. The smallest absolute Gasteiger partial charge is 0.193 e. The number of aliphatic imine (C=N–C) groups is 1. The number of rotatable bonds is 5. The highest BCUT2D eigenvalue weighted by atomic mass is 15.3. The normalized spacial score (nSPS) is 32.5. The van der Waals surface area contributed by atoms with E-state index in [1.54, 1.807) is 0 Å². The zero-order chi connectivity index (χ0) is 17.1. The fraction of sp³-hybridized carbons (Fsp3) is 0.950. The van der Waals surface area contributed by atoms with Crippen molar-refractivity contribution in [3.8, 4) is 0 Å². The van der Waals surface area contributed by atoms with E-state index in [1.165, 1.54) is 90.2 Å². The minimum Gasteiger partial charge on any atom is -0.357 e. The minimum atomic E-state index is 0.751. The van der Waals surface area contributed by atoms with Gasteiger partial charge in [0.05, 0.1) is 0 Å². The van der Waals surface area contributed by atoms with E-state index < -0.39 is 0 Å². The minimum absolute atomic E-state index is 0.751. The van der Waals surface area contributed by atoms with Gasteiger partial charge in [-0.1, -0.05) is 6.42 Å². The highest BCUT2D eigenvalue weighted by Crippen LogP contribution is 2.31. The molecule has 3 heterocycles. The summed E-state index contributed by atoms with van der Waals surface area (Å²) in [6.45, 7) is 11.7. The van der Waals surface area contributed by atoms with Crippen molar-refractivity contribution < 1.29 is 0 Å². The lowest BCUT2D eigenvalue weighted by molar-refractivity contribution is 0.168. The van der Waals surface area contributed by atoms with Crippen molar-refractivity contribution in [3.63, 3.8) is 0 Å². The number of piperidine rings is 1. The molecule has 0 amide bonds. The molecule has 0 aromatic rings. The van der Waals surface area contributed by atoms with Crippen LogP contribution in [0.1, 0.15) is 51.9 Å². The lowest BCUT2D eigenvalue weighted by Crippen LogP contribution is -2.44. The number of hydrogen-bond donors (Lipinski definition) is 1. The number of nitrogens with one attached hydrogen (secondary N) is 1. The summed E-state index contributed by atoms with van der Waals surface area (Å²) in [5, 5.41) is 3.56. The Morgan fingerprint density at radius 1 is 0.880 bits per heavy atom. The molecule has 4 aliphatic rings. The van der Waals surface area contributed by atoms with Crippen molar-refractivity contribution in [1.29, 1.82) is 0 Å². The van der Waals surface area contributed by atoms with Crippen LogP contribution in [0.15, 0.2) is 4.99 Å². The van der Waals surface area contributed by atoms with Crippen LogP contribution in [0.25, 0.3) is 0 Å². The molecule has 4 fully saturated rings. The first-order valence-electron chi connectivity index (χ1n) is 10.8. The highest BCUT2D eigenvalue weighted by molar-refractivity contribution is 5.80. The zero-order valence-electron chi connectivity index (χ0n) is 16.1. The average molecular weight is 348 g/mol. The molecule has 2 atom stereocenters. The first kappa shape index (κ1) is 17.6. The molecular weight excluding hydrogens is 310 g/mol. The van der Waals surface area contributed by atoms with Gasteiger partial charge in [-0.3, -0.25) is 9.89 Å². The molecule has 3 saturated heterocycles. The molecule has 3 aliphatic heterocycles. The summed E-state index contributed by atoms with van der Waals surface area (Å²) in [6.07, 6.45) is 9.73. The van der Waals surface area contributed by atoms with Crippen LogP contribution < -0.4 is 5.32 Å². The van der Waals surface area contributed by atoms with E-state index in [0.717, 1.165) is 31.1 Å². The summed E-state index contributed by atoms with van der Waals surface area (Å²) >= 11 is 0. The number of guanidine groups is 1. The van der Waals surface area contributed by atoms with E-state index in [-0.39, 0.29) is 0 Å². The molecule has 0 radical (unpaired) electrons. The summed E-state index contributed by atoms with van der Waals surface area (Å²) in [5.74, 6) is 1.95. The van der Waals surface area contributed by atoms with Crippen molar-refractivity contribution in [2.24, 2.45) is 10.9 Å². The lowest BCUT2D eigenvalue weighted by atomic mass is 10.1. The van der Waals surface area contributed by atoms with Crippen LogP contribution in [0.4, 0.5) is 0 Å². The molecule has 0 spiro atoms. The van der Waals surface area contributed by atoms with Crippen LogP contribution in [-0.2, 0) is 0 Å². The first-order valence-corrected chi connectivity index (χ1v) is 10.8. The van der Waals surface area contributed by atoms with E-state index in [2.05, 4.69) is 26.9 Å². The molecule has 5 heteroatoms. The number of nitrogens with zero attached hydrogens (tertiary/aromatic N) is 4. The second-order valence-electron chi connectivity index (χ2n) is 8.56. The highest BCUT2D eigenvalue weighted by Gasteiger charge is 2.34. The third-order valence-electron chi connectivity index (χ3n) is 6.58. The second kappa shape index (κ2) is 8.26. The Labute approximate surface area is 153 Å². The van der Waals surface area contributed by atoms with Gasteiger partial charge in [0, 0.05) is 44.8 Å². The van der Waals surface area contributed by atoms with Gasteiger partial charge in [0.2, 0.25) is 0 Å². The van der Waals surface area contributed by atoms with Crippen LogP contribution in [0.5, 0.6) is 0 Å². The van der Waals surface area contributed by atoms with Crippen molar-refractivity contribution in [2.75, 3.05) is 52.4 Å². The van der Waals surface area contributed by atoms with Gasteiger partial charge in [-0.2, -0.15) is 0 Å².